The number of rotatable bonds is 0. The van der Waals surface area contributed by atoms with Crippen molar-refractivity contribution in [3.05, 3.63) is 0 Å². The molecule has 0 spiro atoms. The lowest BCUT2D eigenvalue weighted by Gasteiger charge is -2.20. The van der Waals surface area contributed by atoms with E-state index in [1.807, 2.05) is 0 Å². The predicted octanol–water partition coefficient (Wildman–Crippen LogP) is 1.91. The van der Waals surface area contributed by atoms with Crippen molar-refractivity contribution in [2.45, 2.75) is 39.5 Å². The van der Waals surface area contributed by atoms with Crippen LogP contribution in [0.3, 0.4) is 0 Å². The molecular weight excluding hydrogens is 173 g/mol. The van der Waals surface area contributed by atoms with Crippen LogP contribution < -0.4 is 0 Å². The summed E-state index contributed by atoms with van der Waals surface area (Å²) < 4.78 is 33.9. The standard InChI is InChI=1S/C4H7F3O.C3H6O/c1-3(2,8)4(5,6)7;1-3(2)4/h8H,1-2H3;1-2H3. The van der Waals surface area contributed by atoms with Crippen LogP contribution in [-0.4, -0.2) is 22.7 Å². The molecule has 12 heavy (non-hydrogen) atoms. The van der Waals surface area contributed by atoms with Gasteiger partial charge in [-0.3, -0.25) is 0 Å². The molecule has 2 nitrogen and oxygen atoms in total. The van der Waals surface area contributed by atoms with Crippen molar-refractivity contribution in [1.82, 2.24) is 0 Å². The van der Waals surface area contributed by atoms with Gasteiger partial charge in [-0.2, -0.15) is 13.2 Å². The largest absolute Gasteiger partial charge is 0.416 e. The Hall–Kier alpha value is -0.580. The summed E-state index contributed by atoms with van der Waals surface area (Å²) in [7, 11) is 0. The number of alkyl halides is 3. The second-order valence-corrected chi connectivity index (χ2v) is 2.97. The van der Waals surface area contributed by atoms with Crippen LogP contribution in [0.25, 0.3) is 0 Å². The summed E-state index contributed by atoms with van der Waals surface area (Å²) in [6.45, 7) is 4.46. The van der Waals surface area contributed by atoms with E-state index >= 15 is 0 Å². The van der Waals surface area contributed by atoms with Crippen LogP contribution in [0.15, 0.2) is 0 Å². The Morgan fingerprint density at radius 1 is 1.17 bits per heavy atom. The second kappa shape index (κ2) is 4.45. The Morgan fingerprint density at radius 2 is 1.25 bits per heavy atom. The fraction of sp³-hybridized carbons (Fsp3) is 0.857. The van der Waals surface area contributed by atoms with E-state index in [1.54, 1.807) is 0 Å². The molecule has 0 aliphatic rings. The number of hydrogen-bond donors (Lipinski definition) is 1. The second-order valence-electron chi connectivity index (χ2n) is 2.97. The first kappa shape index (κ1) is 14.0. The van der Waals surface area contributed by atoms with Crippen molar-refractivity contribution in [2.75, 3.05) is 0 Å². The number of carbonyl (C=O) groups excluding carboxylic acids is 1. The van der Waals surface area contributed by atoms with Crippen molar-refractivity contribution >= 4 is 5.78 Å². The van der Waals surface area contributed by atoms with E-state index in [-0.39, 0.29) is 5.78 Å². The van der Waals surface area contributed by atoms with Gasteiger partial charge in [0, 0.05) is 0 Å². The molecular formula is C7H13F3O2. The van der Waals surface area contributed by atoms with E-state index in [9.17, 15) is 18.0 Å². The third-order valence-corrected chi connectivity index (χ3v) is 0.694. The summed E-state index contributed by atoms with van der Waals surface area (Å²) in [5.74, 6) is 0.167. The molecule has 0 aliphatic carbocycles. The molecule has 0 aromatic rings. The number of halogens is 3. The van der Waals surface area contributed by atoms with Gasteiger partial charge in [-0.05, 0) is 27.7 Å². The maximum Gasteiger partial charge on any atom is 0.416 e. The number of aliphatic hydroxyl groups is 1. The smallest absolute Gasteiger partial charge is 0.381 e. The highest BCUT2D eigenvalue weighted by atomic mass is 19.4. The van der Waals surface area contributed by atoms with E-state index in [4.69, 9.17) is 5.11 Å². The van der Waals surface area contributed by atoms with Gasteiger partial charge in [0.25, 0.3) is 0 Å². The highest BCUT2D eigenvalue weighted by molar-refractivity contribution is 5.72. The molecule has 0 aromatic carbocycles. The van der Waals surface area contributed by atoms with Crippen LogP contribution in [0.2, 0.25) is 0 Å². The molecule has 0 saturated carbocycles. The van der Waals surface area contributed by atoms with Gasteiger partial charge in [-0.1, -0.05) is 0 Å². The van der Waals surface area contributed by atoms with Gasteiger partial charge >= 0.3 is 6.18 Å². The van der Waals surface area contributed by atoms with Gasteiger partial charge in [-0.25, -0.2) is 0 Å². The molecule has 0 aromatic heterocycles. The van der Waals surface area contributed by atoms with Crippen LogP contribution >= 0.6 is 0 Å². The fourth-order valence-electron chi connectivity index (χ4n) is 0. The van der Waals surface area contributed by atoms with Crippen molar-refractivity contribution < 1.29 is 23.1 Å². The number of hydrogen-bond acceptors (Lipinski definition) is 2. The minimum absolute atomic E-state index is 0.167. The Labute approximate surface area is 69.4 Å². The highest BCUT2D eigenvalue weighted by Crippen LogP contribution is 2.28. The Kier molecular flexibility index (Phi) is 5.18. The highest BCUT2D eigenvalue weighted by Gasteiger charge is 2.45. The third kappa shape index (κ3) is 9.42. The monoisotopic (exact) mass is 186 g/mol. The van der Waals surface area contributed by atoms with Crippen molar-refractivity contribution in [3.8, 4) is 0 Å². The van der Waals surface area contributed by atoms with Gasteiger partial charge in [0.2, 0.25) is 0 Å². The molecule has 0 bridgehead atoms. The molecule has 74 valence electrons. The average molecular weight is 186 g/mol. The molecule has 0 rings (SSSR count). The van der Waals surface area contributed by atoms with Crippen molar-refractivity contribution in [3.63, 3.8) is 0 Å². The number of carbonyl (C=O) groups is 1. The summed E-state index contributed by atoms with van der Waals surface area (Å²) in [4.78, 5) is 9.44. The first-order valence-corrected chi connectivity index (χ1v) is 3.24. The van der Waals surface area contributed by atoms with E-state index in [2.05, 4.69) is 0 Å². The zero-order valence-electron chi connectivity index (χ0n) is 7.49. The van der Waals surface area contributed by atoms with Gasteiger partial charge in [-0.15, -0.1) is 0 Å². The van der Waals surface area contributed by atoms with E-state index in [0.29, 0.717) is 13.8 Å². The quantitative estimate of drug-likeness (QED) is 0.627. The topological polar surface area (TPSA) is 37.3 Å². The molecule has 0 radical (unpaired) electrons. The molecule has 0 atom stereocenters. The lowest BCUT2D eigenvalue weighted by atomic mass is 10.1. The molecule has 1 N–H and O–H groups in total. The lowest BCUT2D eigenvalue weighted by Crippen LogP contribution is -2.38. The number of Topliss-reactive ketones (excluding diaryl/α,β-unsaturated/α-hetero) is 1. The van der Waals surface area contributed by atoms with Crippen LogP contribution in [0.5, 0.6) is 0 Å². The molecule has 0 fully saturated rings. The van der Waals surface area contributed by atoms with E-state index < -0.39 is 11.8 Å². The maximum absolute atomic E-state index is 11.3. The molecule has 0 saturated heterocycles. The summed E-state index contributed by atoms with van der Waals surface area (Å²) >= 11 is 0. The lowest BCUT2D eigenvalue weighted by molar-refractivity contribution is -0.245. The van der Waals surface area contributed by atoms with Gasteiger partial charge < -0.3 is 9.90 Å². The SMILES string of the molecule is CC(C)(O)C(F)(F)F.CC(C)=O. The predicted molar refractivity (Wildman–Crippen MR) is 38.7 cm³/mol. The van der Waals surface area contributed by atoms with Crippen molar-refractivity contribution in [2.24, 2.45) is 0 Å². The fourth-order valence-corrected chi connectivity index (χ4v) is 0. The summed E-state index contributed by atoms with van der Waals surface area (Å²) in [6, 6.07) is 0. The molecule has 0 amide bonds. The first-order valence-electron chi connectivity index (χ1n) is 3.24. The molecule has 0 unspecified atom stereocenters. The van der Waals surface area contributed by atoms with Crippen molar-refractivity contribution in [1.29, 1.82) is 0 Å². The third-order valence-electron chi connectivity index (χ3n) is 0.694. The minimum atomic E-state index is -4.51. The average Bonchev–Trinajstić information content (AvgIpc) is 1.55. The zero-order valence-corrected chi connectivity index (χ0v) is 7.49. The van der Waals surface area contributed by atoms with E-state index in [0.717, 1.165) is 0 Å². The van der Waals surface area contributed by atoms with Crippen LogP contribution in [-0.2, 0) is 4.79 Å². The van der Waals surface area contributed by atoms with Gasteiger partial charge in [0.05, 0.1) is 0 Å². The molecule has 5 heteroatoms. The maximum atomic E-state index is 11.3. The van der Waals surface area contributed by atoms with E-state index in [1.165, 1.54) is 13.8 Å². The molecule has 0 aliphatic heterocycles. The van der Waals surface area contributed by atoms with Crippen LogP contribution in [0, 0.1) is 0 Å². The summed E-state index contributed by atoms with van der Waals surface area (Å²) in [6.07, 6.45) is -4.51. The molecule has 0 heterocycles. The Bertz CT molecular complexity index is 128. The normalized spacial score (nSPS) is 11.7. The van der Waals surface area contributed by atoms with Gasteiger partial charge in [0.1, 0.15) is 5.78 Å². The Morgan fingerprint density at radius 3 is 1.25 bits per heavy atom. The number of ketones is 1. The summed E-state index contributed by atoms with van der Waals surface area (Å²) in [5.41, 5.74) is -2.56. The van der Waals surface area contributed by atoms with Gasteiger partial charge in [0.15, 0.2) is 5.60 Å². The Balaban J connectivity index is 0. The van der Waals surface area contributed by atoms with Crippen LogP contribution in [0.1, 0.15) is 27.7 Å². The zero-order chi connectivity index (χ0) is 10.6. The van der Waals surface area contributed by atoms with Crippen LogP contribution in [0.4, 0.5) is 13.2 Å². The first-order chi connectivity index (χ1) is 4.98. The minimum Gasteiger partial charge on any atom is -0.381 e. The summed E-state index contributed by atoms with van der Waals surface area (Å²) in [5, 5.41) is 8.23.